The van der Waals surface area contributed by atoms with E-state index in [1.807, 2.05) is 4.90 Å². The smallest absolute Gasteiger partial charge is 0.338 e. The quantitative estimate of drug-likeness (QED) is 0.911. The second kappa shape index (κ2) is 5.51. The van der Waals surface area contributed by atoms with Gasteiger partial charge in [0.05, 0.1) is 17.6 Å². The van der Waals surface area contributed by atoms with Crippen molar-refractivity contribution < 1.29 is 14.7 Å². The van der Waals surface area contributed by atoms with E-state index >= 15 is 0 Å². The fraction of sp³-hybridized carbons (Fsp3) is 0.429. The summed E-state index contributed by atoms with van der Waals surface area (Å²) in [6, 6.07) is 4.93. The fourth-order valence-electron chi connectivity index (χ4n) is 2.66. The van der Waals surface area contributed by atoms with Crippen LogP contribution in [0.4, 0.5) is 0 Å². The first-order valence-corrected chi connectivity index (χ1v) is 7.00. The topological polar surface area (TPSA) is 88.3 Å². The minimum atomic E-state index is -1.03. The zero-order chi connectivity index (χ0) is 14.8. The minimum absolute atomic E-state index is 0.116. The van der Waals surface area contributed by atoms with Gasteiger partial charge < -0.3 is 10.0 Å². The SMILES string of the molecule is O=C(O)c1cccc2c1nnn2CCC(=O)N1CCCC1. The largest absolute Gasteiger partial charge is 0.478 e. The highest BCUT2D eigenvalue weighted by molar-refractivity contribution is 6.00. The van der Waals surface area contributed by atoms with E-state index in [0.29, 0.717) is 24.0 Å². The molecule has 7 nitrogen and oxygen atoms in total. The van der Waals surface area contributed by atoms with Crippen molar-refractivity contribution in [3.05, 3.63) is 23.8 Å². The normalized spacial score (nSPS) is 14.8. The number of amides is 1. The number of aromatic carboxylic acids is 1. The number of aromatic nitrogens is 3. The van der Waals surface area contributed by atoms with Crippen molar-refractivity contribution in [3.63, 3.8) is 0 Å². The van der Waals surface area contributed by atoms with E-state index in [9.17, 15) is 9.59 Å². The van der Waals surface area contributed by atoms with Gasteiger partial charge in [-0.3, -0.25) is 4.79 Å². The average Bonchev–Trinajstić information content (AvgIpc) is 3.14. The van der Waals surface area contributed by atoms with Gasteiger partial charge >= 0.3 is 5.97 Å². The molecule has 0 radical (unpaired) electrons. The molecule has 3 rings (SSSR count). The Labute approximate surface area is 121 Å². The highest BCUT2D eigenvalue weighted by atomic mass is 16.4. The summed E-state index contributed by atoms with van der Waals surface area (Å²) in [7, 11) is 0. The Kier molecular flexibility index (Phi) is 3.55. The molecule has 1 N–H and O–H groups in total. The molecule has 0 aliphatic carbocycles. The van der Waals surface area contributed by atoms with Crippen LogP contribution >= 0.6 is 0 Å². The van der Waals surface area contributed by atoms with E-state index in [-0.39, 0.29) is 11.5 Å². The summed E-state index contributed by atoms with van der Waals surface area (Å²) in [5, 5.41) is 17.0. The molecule has 1 aliphatic heterocycles. The average molecular weight is 288 g/mol. The first kappa shape index (κ1) is 13.5. The van der Waals surface area contributed by atoms with E-state index in [1.54, 1.807) is 16.8 Å². The number of nitrogens with zero attached hydrogens (tertiary/aromatic N) is 4. The number of carboxylic acids is 1. The zero-order valence-corrected chi connectivity index (χ0v) is 11.5. The lowest BCUT2D eigenvalue weighted by Crippen LogP contribution is -2.28. The summed E-state index contributed by atoms with van der Waals surface area (Å²) in [5.74, 6) is -0.911. The maximum atomic E-state index is 12.0. The number of fused-ring (bicyclic) bond motifs is 1. The molecule has 7 heteroatoms. The van der Waals surface area contributed by atoms with E-state index in [2.05, 4.69) is 10.3 Å². The molecule has 1 fully saturated rings. The molecule has 0 unspecified atom stereocenters. The molecule has 0 saturated carbocycles. The Hall–Kier alpha value is -2.44. The van der Waals surface area contributed by atoms with Crippen LogP contribution in [0.3, 0.4) is 0 Å². The second-order valence-electron chi connectivity index (χ2n) is 5.13. The van der Waals surface area contributed by atoms with Crippen LogP contribution in [-0.4, -0.2) is 50.0 Å². The molecule has 1 aromatic heterocycles. The van der Waals surface area contributed by atoms with Gasteiger partial charge in [-0.1, -0.05) is 11.3 Å². The zero-order valence-electron chi connectivity index (χ0n) is 11.5. The molecule has 1 aromatic carbocycles. The Morgan fingerprint density at radius 3 is 2.71 bits per heavy atom. The highest BCUT2D eigenvalue weighted by Gasteiger charge is 2.19. The lowest BCUT2D eigenvalue weighted by atomic mass is 10.2. The van der Waals surface area contributed by atoms with Crippen LogP contribution in [-0.2, 0) is 11.3 Å². The predicted octanol–water partition coefficient (Wildman–Crippen LogP) is 1.14. The fourth-order valence-corrected chi connectivity index (χ4v) is 2.66. The Morgan fingerprint density at radius 2 is 2.00 bits per heavy atom. The number of aryl methyl sites for hydroxylation is 1. The molecule has 1 saturated heterocycles. The van der Waals surface area contributed by atoms with Crippen molar-refractivity contribution in [2.24, 2.45) is 0 Å². The number of hydrogen-bond acceptors (Lipinski definition) is 4. The lowest BCUT2D eigenvalue weighted by Gasteiger charge is -2.14. The van der Waals surface area contributed by atoms with Crippen molar-refractivity contribution in [2.75, 3.05) is 13.1 Å². The van der Waals surface area contributed by atoms with Crippen molar-refractivity contribution in [3.8, 4) is 0 Å². The molecule has 110 valence electrons. The number of carboxylic acid groups (broad SMARTS) is 1. The molecule has 21 heavy (non-hydrogen) atoms. The molecule has 2 heterocycles. The first-order valence-electron chi connectivity index (χ1n) is 7.00. The van der Waals surface area contributed by atoms with Crippen LogP contribution in [0.1, 0.15) is 29.6 Å². The lowest BCUT2D eigenvalue weighted by molar-refractivity contribution is -0.130. The standard InChI is InChI=1S/C14H16N4O3/c19-12(17-7-1-2-8-17)6-9-18-11-5-3-4-10(14(20)21)13(11)15-16-18/h3-5H,1-2,6-9H2,(H,20,21). The number of carbonyl (C=O) groups excluding carboxylic acids is 1. The van der Waals surface area contributed by atoms with Crippen LogP contribution in [0.5, 0.6) is 0 Å². The van der Waals surface area contributed by atoms with Crippen molar-refractivity contribution in [2.45, 2.75) is 25.8 Å². The summed E-state index contributed by atoms with van der Waals surface area (Å²) in [6.07, 6.45) is 2.50. The molecule has 0 bridgehead atoms. The molecular weight excluding hydrogens is 272 g/mol. The van der Waals surface area contributed by atoms with Crippen LogP contribution in [0, 0.1) is 0 Å². The van der Waals surface area contributed by atoms with E-state index in [0.717, 1.165) is 25.9 Å². The van der Waals surface area contributed by atoms with Gasteiger partial charge in [0.1, 0.15) is 5.52 Å². The van der Waals surface area contributed by atoms with Gasteiger partial charge in [-0.25, -0.2) is 9.48 Å². The van der Waals surface area contributed by atoms with Crippen LogP contribution < -0.4 is 0 Å². The Morgan fingerprint density at radius 1 is 1.24 bits per heavy atom. The third kappa shape index (κ3) is 2.58. The second-order valence-corrected chi connectivity index (χ2v) is 5.13. The van der Waals surface area contributed by atoms with Gasteiger partial charge in [-0.2, -0.15) is 0 Å². The Balaban J connectivity index is 1.77. The summed E-state index contributed by atoms with van der Waals surface area (Å²) in [6.45, 7) is 2.08. The van der Waals surface area contributed by atoms with Gasteiger partial charge in [0.15, 0.2) is 0 Å². The van der Waals surface area contributed by atoms with Gasteiger partial charge in [-0.15, -0.1) is 5.10 Å². The minimum Gasteiger partial charge on any atom is -0.478 e. The van der Waals surface area contributed by atoms with Crippen LogP contribution in [0.25, 0.3) is 11.0 Å². The number of benzene rings is 1. The van der Waals surface area contributed by atoms with Gasteiger partial charge in [-0.05, 0) is 25.0 Å². The highest BCUT2D eigenvalue weighted by Crippen LogP contribution is 2.17. The van der Waals surface area contributed by atoms with Gasteiger partial charge in [0, 0.05) is 19.5 Å². The molecule has 0 atom stereocenters. The molecule has 1 amide bonds. The third-order valence-corrected chi connectivity index (χ3v) is 3.77. The molecular formula is C14H16N4O3. The molecule has 0 spiro atoms. The van der Waals surface area contributed by atoms with E-state index < -0.39 is 5.97 Å². The monoisotopic (exact) mass is 288 g/mol. The number of hydrogen-bond donors (Lipinski definition) is 1. The summed E-state index contributed by atoms with van der Waals surface area (Å²) in [4.78, 5) is 25.0. The van der Waals surface area contributed by atoms with Crippen molar-refractivity contribution in [1.29, 1.82) is 0 Å². The molecule has 1 aliphatic rings. The number of rotatable bonds is 4. The molecule has 2 aromatic rings. The maximum absolute atomic E-state index is 12.0. The van der Waals surface area contributed by atoms with Crippen molar-refractivity contribution >= 4 is 22.9 Å². The summed E-state index contributed by atoms with van der Waals surface area (Å²) in [5.41, 5.74) is 1.13. The van der Waals surface area contributed by atoms with Crippen molar-refractivity contribution in [1.82, 2.24) is 19.9 Å². The number of likely N-dealkylation sites (tertiary alicyclic amines) is 1. The summed E-state index contributed by atoms with van der Waals surface area (Å²) >= 11 is 0. The first-order chi connectivity index (χ1) is 10.2. The van der Waals surface area contributed by atoms with Crippen LogP contribution in [0.15, 0.2) is 18.2 Å². The maximum Gasteiger partial charge on any atom is 0.338 e. The summed E-state index contributed by atoms with van der Waals surface area (Å²) < 4.78 is 1.59. The number of carbonyl (C=O) groups is 2. The predicted molar refractivity (Wildman–Crippen MR) is 74.9 cm³/mol. The van der Waals surface area contributed by atoms with Crippen LogP contribution in [0.2, 0.25) is 0 Å². The van der Waals surface area contributed by atoms with Gasteiger partial charge in [0.2, 0.25) is 5.91 Å². The third-order valence-electron chi connectivity index (χ3n) is 3.77. The van der Waals surface area contributed by atoms with E-state index in [1.165, 1.54) is 6.07 Å². The Bertz CT molecular complexity index is 689. The van der Waals surface area contributed by atoms with E-state index in [4.69, 9.17) is 5.11 Å². The van der Waals surface area contributed by atoms with Gasteiger partial charge in [0.25, 0.3) is 0 Å².